The van der Waals surface area contributed by atoms with Crippen LogP contribution in [0.25, 0.3) is 0 Å². The number of anilines is 2. The average molecular weight is 933 g/mol. The number of nitrogens with zero attached hydrogens (tertiary/aromatic N) is 14. The maximum Gasteiger partial charge on any atom is 0.291 e. The van der Waals surface area contributed by atoms with E-state index in [2.05, 4.69) is 41.0 Å². The Balaban J connectivity index is 0.000000170. The number of carbonyl (C=O) groups excluding carboxylic acids is 4. The molecule has 10 rings (SSSR count). The van der Waals surface area contributed by atoms with Gasteiger partial charge < -0.3 is 10.6 Å². The van der Waals surface area contributed by atoms with Crippen LogP contribution < -0.4 is 20.4 Å². The number of rotatable bonds is 14. The highest BCUT2D eigenvalue weighted by Crippen LogP contribution is 2.24. The Hall–Kier alpha value is -7.20. The molecule has 8 heterocycles. The van der Waals surface area contributed by atoms with Gasteiger partial charge in [0.1, 0.15) is 48.7 Å². The van der Waals surface area contributed by atoms with Crippen molar-refractivity contribution in [1.29, 1.82) is 0 Å². The molecule has 2 fully saturated rings. The molecule has 20 nitrogen and oxygen atoms in total. The third-order valence-electron chi connectivity index (χ3n) is 12.5. The van der Waals surface area contributed by atoms with Crippen LogP contribution in [0.15, 0.2) is 85.5 Å². The standard InChI is InChI=1S/2C23H27FN8O2/c2*1-29-20-11-18(7-9-30-13-17(24)14-30)27-32(20)10-8-19(23(29)34)26-22(33)21-25-15-31(28-21)12-16-5-3-2-4-6-16/h2*2-6,11,15,17,19H,7-10,12-14H2,1H3,(H,26,33)/t2*19-/m10/s1. The van der Waals surface area contributed by atoms with E-state index >= 15 is 0 Å². The van der Waals surface area contributed by atoms with E-state index in [0.717, 1.165) is 35.6 Å². The van der Waals surface area contributed by atoms with Crippen molar-refractivity contribution in [3.05, 3.63) is 120 Å². The number of hydrogen-bond acceptors (Lipinski definition) is 12. The number of benzene rings is 2. The number of likely N-dealkylation sites (tertiary alicyclic amines) is 2. The van der Waals surface area contributed by atoms with Crippen molar-refractivity contribution < 1.29 is 28.0 Å². The number of halogens is 2. The second-order valence-corrected chi connectivity index (χ2v) is 17.6. The maximum absolute atomic E-state index is 13.1. The fraction of sp³-hybridized carbons (Fsp3) is 0.435. The van der Waals surface area contributed by atoms with E-state index in [4.69, 9.17) is 0 Å². The zero-order valence-electron chi connectivity index (χ0n) is 37.9. The lowest BCUT2D eigenvalue weighted by Crippen LogP contribution is -2.48. The van der Waals surface area contributed by atoms with Crippen molar-refractivity contribution in [1.82, 2.24) is 69.5 Å². The van der Waals surface area contributed by atoms with Crippen LogP contribution in [0.5, 0.6) is 0 Å². The van der Waals surface area contributed by atoms with Gasteiger partial charge in [-0.15, -0.1) is 10.2 Å². The molecule has 0 radical (unpaired) electrons. The highest BCUT2D eigenvalue weighted by molar-refractivity contribution is 6.01. The molecule has 0 saturated carbocycles. The first-order valence-electron chi connectivity index (χ1n) is 22.8. The summed E-state index contributed by atoms with van der Waals surface area (Å²) in [5.41, 5.74) is 3.83. The lowest BCUT2D eigenvalue weighted by molar-refractivity contribution is -0.120. The van der Waals surface area contributed by atoms with E-state index in [1.807, 2.05) is 82.6 Å². The van der Waals surface area contributed by atoms with Gasteiger partial charge in [-0.2, -0.15) is 10.2 Å². The Bertz CT molecular complexity index is 2530. The third-order valence-corrected chi connectivity index (χ3v) is 12.5. The molecule has 0 bridgehead atoms. The summed E-state index contributed by atoms with van der Waals surface area (Å²) >= 11 is 0. The molecule has 4 amide bonds. The second kappa shape index (κ2) is 20.3. The summed E-state index contributed by atoms with van der Waals surface area (Å²) in [5, 5.41) is 23.3. The van der Waals surface area contributed by atoms with Crippen LogP contribution in [0.1, 0.15) is 56.6 Å². The predicted octanol–water partition coefficient (Wildman–Crippen LogP) is 1.77. The molecule has 4 aromatic heterocycles. The molecule has 0 unspecified atom stereocenters. The molecule has 6 aromatic rings. The van der Waals surface area contributed by atoms with Crippen LogP contribution in [0.3, 0.4) is 0 Å². The zero-order chi connectivity index (χ0) is 47.3. The van der Waals surface area contributed by atoms with E-state index in [1.165, 1.54) is 22.5 Å². The number of carbonyl (C=O) groups is 4. The molecular weight excluding hydrogens is 879 g/mol. The first-order chi connectivity index (χ1) is 32.9. The van der Waals surface area contributed by atoms with Gasteiger partial charge in [-0.1, -0.05) is 60.7 Å². The number of aryl methyl sites for hydroxylation is 2. The molecule has 4 aliphatic heterocycles. The van der Waals surface area contributed by atoms with E-state index in [1.54, 1.807) is 32.8 Å². The van der Waals surface area contributed by atoms with Gasteiger partial charge in [0.2, 0.25) is 11.6 Å². The van der Waals surface area contributed by atoms with Gasteiger partial charge >= 0.3 is 0 Å². The Morgan fingerprint density at radius 2 is 1.00 bits per heavy atom. The van der Waals surface area contributed by atoms with Crippen LogP contribution in [0, 0.1) is 0 Å². The number of aromatic nitrogens is 10. The normalized spacial score (nSPS) is 18.9. The highest BCUT2D eigenvalue weighted by atomic mass is 19.1. The molecular formula is C46H54F2N16O4. The first kappa shape index (κ1) is 45.9. The summed E-state index contributed by atoms with van der Waals surface area (Å²) in [6.07, 6.45) is 3.79. The molecule has 22 heteroatoms. The molecule has 2 N–H and O–H groups in total. The van der Waals surface area contributed by atoms with Gasteiger partial charge in [0.05, 0.1) is 24.5 Å². The Morgan fingerprint density at radius 3 is 1.38 bits per heavy atom. The minimum atomic E-state index is -0.720. The van der Waals surface area contributed by atoms with E-state index in [-0.39, 0.29) is 23.5 Å². The summed E-state index contributed by atoms with van der Waals surface area (Å²) in [7, 11) is 3.36. The first-order valence-corrected chi connectivity index (χ1v) is 22.8. The minimum absolute atomic E-state index is 0.0252. The molecule has 2 saturated heterocycles. The Labute approximate surface area is 390 Å². The van der Waals surface area contributed by atoms with Crippen LogP contribution in [-0.2, 0) is 48.6 Å². The second-order valence-electron chi connectivity index (χ2n) is 17.6. The fourth-order valence-corrected chi connectivity index (χ4v) is 8.60. The van der Waals surface area contributed by atoms with Crippen LogP contribution in [0.2, 0.25) is 0 Å². The van der Waals surface area contributed by atoms with Crippen LogP contribution >= 0.6 is 0 Å². The van der Waals surface area contributed by atoms with E-state index in [9.17, 15) is 28.0 Å². The summed E-state index contributed by atoms with van der Waals surface area (Å²) in [4.78, 5) is 67.0. The lowest BCUT2D eigenvalue weighted by atomic mass is 10.1. The Kier molecular flexibility index (Phi) is 13.7. The van der Waals surface area contributed by atoms with Gasteiger partial charge in [-0.05, 0) is 24.0 Å². The number of amides is 4. The van der Waals surface area contributed by atoms with Crippen molar-refractivity contribution in [3.63, 3.8) is 0 Å². The highest BCUT2D eigenvalue weighted by Gasteiger charge is 2.34. The molecule has 2 aromatic carbocycles. The van der Waals surface area contributed by atoms with Crippen molar-refractivity contribution in [3.8, 4) is 0 Å². The number of fused-ring (bicyclic) bond motifs is 2. The largest absolute Gasteiger partial charge is 0.337 e. The van der Waals surface area contributed by atoms with Crippen molar-refractivity contribution in [2.75, 3.05) is 63.2 Å². The third kappa shape index (κ3) is 10.8. The van der Waals surface area contributed by atoms with Crippen LogP contribution in [0.4, 0.5) is 20.4 Å². The number of alkyl halides is 2. The fourth-order valence-electron chi connectivity index (χ4n) is 8.60. The van der Waals surface area contributed by atoms with E-state index in [0.29, 0.717) is 89.7 Å². The summed E-state index contributed by atoms with van der Waals surface area (Å²) < 4.78 is 32.8. The Morgan fingerprint density at radius 1 is 0.603 bits per heavy atom. The summed E-state index contributed by atoms with van der Waals surface area (Å²) in [6, 6.07) is 21.9. The SMILES string of the molecule is CN1C(=O)[C@@H](NC(=O)c2ncn(Cc3ccccc3)n2)CCn2nc(CCN3CC(F)C3)cc21.CN1C(=O)[C@H](NC(=O)c2ncn(Cc3ccccc3)n2)CCn2nc(CCN3CC(F)C3)cc21. The van der Waals surface area contributed by atoms with Crippen molar-refractivity contribution in [2.24, 2.45) is 0 Å². The van der Waals surface area contributed by atoms with Crippen molar-refractivity contribution in [2.45, 2.75) is 76.3 Å². The number of likely N-dealkylation sites (N-methyl/N-ethyl adjacent to an activating group) is 2. The number of hydrogen-bond donors (Lipinski definition) is 2. The molecule has 68 heavy (non-hydrogen) atoms. The molecule has 0 spiro atoms. The lowest BCUT2D eigenvalue weighted by Gasteiger charge is -2.33. The summed E-state index contributed by atoms with van der Waals surface area (Å²) in [5.74, 6) is 0.0203. The molecule has 2 atom stereocenters. The van der Waals surface area contributed by atoms with Gasteiger partial charge in [-0.25, -0.2) is 37.5 Å². The van der Waals surface area contributed by atoms with Gasteiger partial charge in [0, 0.05) is 91.4 Å². The van der Waals surface area contributed by atoms with E-state index < -0.39 is 36.2 Å². The topological polar surface area (TPSA) is 202 Å². The maximum atomic E-state index is 13.1. The van der Waals surface area contributed by atoms with Gasteiger partial charge in [-0.3, -0.25) is 38.8 Å². The van der Waals surface area contributed by atoms with Crippen molar-refractivity contribution >= 4 is 35.3 Å². The minimum Gasteiger partial charge on any atom is -0.337 e. The van der Waals surface area contributed by atoms with Gasteiger partial charge in [0.25, 0.3) is 23.6 Å². The monoisotopic (exact) mass is 932 g/mol. The molecule has 0 aliphatic carbocycles. The van der Waals surface area contributed by atoms with Gasteiger partial charge in [0.15, 0.2) is 0 Å². The molecule has 4 aliphatic rings. The number of nitrogens with one attached hydrogen (secondary N) is 2. The van der Waals surface area contributed by atoms with Crippen LogP contribution in [-0.4, -0.2) is 160 Å². The average Bonchev–Trinajstić information content (AvgIpc) is 4.14. The smallest absolute Gasteiger partial charge is 0.291 e. The zero-order valence-corrected chi connectivity index (χ0v) is 37.9. The predicted molar refractivity (Wildman–Crippen MR) is 244 cm³/mol. The molecule has 356 valence electrons. The quantitative estimate of drug-likeness (QED) is 0.161. The summed E-state index contributed by atoms with van der Waals surface area (Å²) in [6.45, 7) is 5.39.